The smallest absolute Gasteiger partial charge is 0.340 e. The number of nitrogens with one attached hydrogen (secondary N) is 1. The topological polar surface area (TPSA) is 81.4 Å². The molecule has 0 bridgehead atoms. The summed E-state index contributed by atoms with van der Waals surface area (Å²) in [6.07, 6.45) is 3.22. The van der Waals surface area contributed by atoms with E-state index in [1.807, 2.05) is 18.2 Å². The summed E-state index contributed by atoms with van der Waals surface area (Å²) in [7, 11) is 0. The van der Waals surface area contributed by atoms with Crippen LogP contribution in [0.3, 0.4) is 0 Å². The highest BCUT2D eigenvalue weighted by Gasteiger charge is 2.17. The Morgan fingerprint density at radius 2 is 1.88 bits per heavy atom. The zero-order valence-electron chi connectivity index (χ0n) is 13.3. The summed E-state index contributed by atoms with van der Waals surface area (Å²) in [6, 6.07) is 8.59. The molecule has 2 aromatic rings. The Morgan fingerprint density at radius 3 is 2.68 bits per heavy atom. The van der Waals surface area contributed by atoms with Gasteiger partial charge in [0.05, 0.1) is 16.3 Å². The van der Waals surface area contributed by atoms with Crippen molar-refractivity contribution >= 4 is 46.5 Å². The molecule has 0 saturated heterocycles. The average Bonchev–Trinajstić information content (AvgIpc) is 3.03. The Balaban J connectivity index is 1.60. The average molecular weight is 379 g/mol. The Hall–Kier alpha value is -2.24. The van der Waals surface area contributed by atoms with Gasteiger partial charge in [-0.05, 0) is 54.7 Å². The number of ether oxygens (including phenoxy) is 1. The number of amides is 1. The van der Waals surface area contributed by atoms with E-state index in [1.165, 1.54) is 23.3 Å². The normalized spacial score (nSPS) is 12.6. The number of carbonyl (C=O) groups is 2. The number of fused-ring (bicyclic) bond motifs is 1. The van der Waals surface area contributed by atoms with Crippen LogP contribution in [0.25, 0.3) is 0 Å². The monoisotopic (exact) mass is 378 g/mol. The molecule has 0 aliphatic heterocycles. The number of halogens is 2. The van der Waals surface area contributed by atoms with E-state index in [9.17, 15) is 9.59 Å². The summed E-state index contributed by atoms with van der Waals surface area (Å²) in [5.41, 5.74) is 9.09. The van der Waals surface area contributed by atoms with Crippen molar-refractivity contribution in [2.24, 2.45) is 0 Å². The van der Waals surface area contributed by atoms with Gasteiger partial charge in [-0.3, -0.25) is 4.79 Å². The first kappa shape index (κ1) is 17.6. The van der Waals surface area contributed by atoms with Gasteiger partial charge in [-0.2, -0.15) is 0 Å². The molecule has 0 fully saturated rings. The molecule has 3 N–H and O–H groups in total. The zero-order valence-corrected chi connectivity index (χ0v) is 14.8. The molecular formula is C18H16Cl2N2O3. The number of benzene rings is 2. The second-order valence-corrected chi connectivity index (χ2v) is 6.65. The van der Waals surface area contributed by atoms with Crippen molar-refractivity contribution in [3.05, 3.63) is 57.1 Å². The lowest BCUT2D eigenvalue weighted by molar-refractivity contribution is -0.119. The van der Waals surface area contributed by atoms with Crippen LogP contribution in [0.5, 0.6) is 0 Å². The summed E-state index contributed by atoms with van der Waals surface area (Å²) in [5, 5.41) is 3.13. The molecule has 5 nitrogen and oxygen atoms in total. The highest BCUT2D eigenvalue weighted by molar-refractivity contribution is 6.37. The lowest BCUT2D eigenvalue weighted by atomic mass is 10.1. The summed E-state index contributed by atoms with van der Waals surface area (Å²) >= 11 is 11.7. The van der Waals surface area contributed by atoms with E-state index in [4.69, 9.17) is 33.7 Å². The number of esters is 1. The second kappa shape index (κ2) is 7.33. The van der Waals surface area contributed by atoms with Crippen LogP contribution in [0, 0.1) is 0 Å². The largest absolute Gasteiger partial charge is 0.452 e. The summed E-state index contributed by atoms with van der Waals surface area (Å²) in [4.78, 5) is 24.1. The SMILES string of the molecule is Nc1c(Cl)cc(Cl)cc1C(=O)OCC(=O)Nc1ccc2c(c1)CCC2. The molecule has 0 unspecified atom stereocenters. The standard InChI is InChI=1S/C18H16Cl2N2O3/c19-12-7-14(17(21)15(20)8-12)18(24)25-9-16(23)22-13-5-4-10-2-1-3-11(10)6-13/h4-8H,1-3,9,21H2,(H,22,23). The third kappa shape index (κ3) is 4.06. The first-order valence-corrected chi connectivity index (χ1v) is 8.53. The van der Waals surface area contributed by atoms with Gasteiger partial charge in [-0.25, -0.2) is 4.79 Å². The van der Waals surface area contributed by atoms with Crippen LogP contribution in [-0.4, -0.2) is 18.5 Å². The molecule has 1 aliphatic carbocycles. The minimum atomic E-state index is -0.758. The lowest BCUT2D eigenvalue weighted by Crippen LogP contribution is -2.21. The molecule has 1 aliphatic rings. The summed E-state index contributed by atoms with van der Waals surface area (Å²) in [6.45, 7) is -0.431. The molecule has 3 rings (SSSR count). The van der Waals surface area contributed by atoms with Gasteiger partial charge < -0.3 is 15.8 Å². The number of anilines is 2. The van der Waals surface area contributed by atoms with Crippen LogP contribution >= 0.6 is 23.2 Å². The Labute approximate surface area is 155 Å². The minimum absolute atomic E-state index is 0.0304. The van der Waals surface area contributed by atoms with Gasteiger partial charge in [0.25, 0.3) is 5.91 Å². The van der Waals surface area contributed by atoms with Gasteiger partial charge in [0.15, 0.2) is 6.61 Å². The van der Waals surface area contributed by atoms with Gasteiger partial charge >= 0.3 is 5.97 Å². The molecule has 2 aromatic carbocycles. The molecule has 25 heavy (non-hydrogen) atoms. The third-order valence-electron chi connectivity index (χ3n) is 4.03. The molecule has 0 aromatic heterocycles. The fourth-order valence-electron chi connectivity index (χ4n) is 2.81. The molecule has 7 heteroatoms. The van der Waals surface area contributed by atoms with Crippen molar-refractivity contribution in [1.29, 1.82) is 0 Å². The van der Waals surface area contributed by atoms with E-state index in [0.717, 1.165) is 19.3 Å². The van der Waals surface area contributed by atoms with Crippen molar-refractivity contribution in [2.45, 2.75) is 19.3 Å². The van der Waals surface area contributed by atoms with Gasteiger partial charge in [-0.1, -0.05) is 29.3 Å². The maximum Gasteiger partial charge on any atom is 0.340 e. The van der Waals surface area contributed by atoms with Crippen molar-refractivity contribution in [3.8, 4) is 0 Å². The van der Waals surface area contributed by atoms with E-state index >= 15 is 0 Å². The van der Waals surface area contributed by atoms with Crippen LogP contribution in [0.2, 0.25) is 10.0 Å². The fourth-order valence-corrected chi connectivity index (χ4v) is 3.30. The van der Waals surface area contributed by atoms with Gasteiger partial charge in [-0.15, -0.1) is 0 Å². The minimum Gasteiger partial charge on any atom is -0.452 e. The van der Waals surface area contributed by atoms with Crippen molar-refractivity contribution < 1.29 is 14.3 Å². The maximum atomic E-state index is 12.1. The number of hydrogen-bond acceptors (Lipinski definition) is 4. The maximum absolute atomic E-state index is 12.1. The molecular weight excluding hydrogens is 363 g/mol. The molecule has 1 amide bonds. The van der Waals surface area contributed by atoms with E-state index in [2.05, 4.69) is 5.32 Å². The first-order chi connectivity index (χ1) is 11.9. The highest BCUT2D eigenvalue weighted by Crippen LogP contribution is 2.28. The summed E-state index contributed by atoms with van der Waals surface area (Å²) in [5.74, 6) is -1.19. The molecule has 0 radical (unpaired) electrons. The number of carbonyl (C=O) groups excluding carboxylic acids is 2. The Kier molecular flexibility index (Phi) is 5.16. The van der Waals surface area contributed by atoms with Gasteiger partial charge in [0, 0.05) is 10.7 Å². The second-order valence-electron chi connectivity index (χ2n) is 5.81. The molecule has 0 spiro atoms. The molecule has 0 atom stereocenters. The van der Waals surface area contributed by atoms with E-state index in [1.54, 1.807) is 0 Å². The summed E-state index contributed by atoms with van der Waals surface area (Å²) < 4.78 is 5.00. The number of nitrogens with two attached hydrogens (primary N) is 1. The first-order valence-electron chi connectivity index (χ1n) is 7.77. The number of aryl methyl sites for hydroxylation is 2. The number of rotatable bonds is 4. The van der Waals surface area contributed by atoms with Crippen molar-refractivity contribution in [2.75, 3.05) is 17.7 Å². The predicted molar refractivity (Wildman–Crippen MR) is 98.3 cm³/mol. The molecule has 0 heterocycles. The quantitative estimate of drug-likeness (QED) is 0.624. The van der Waals surface area contributed by atoms with Crippen LogP contribution in [0.15, 0.2) is 30.3 Å². The van der Waals surface area contributed by atoms with Crippen LogP contribution in [0.1, 0.15) is 27.9 Å². The number of hydrogen-bond donors (Lipinski definition) is 2. The third-order valence-corrected chi connectivity index (χ3v) is 4.56. The lowest BCUT2D eigenvalue weighted by Gasteiger charge is -2.10. The predicted octanol–water partition coefficient (Wildman–Crippen LogP) is 3.86. The zero-order chi connectivity index (χ0) is 18.0. The fraction of sp³-hybridized carbons (Fsp3) is 0.222. The Morgan fingerprint density at radius 1 is 1.12 bits per heavy atom. The van der Waals surface area contributed by atoms with Crippen LogP contribution in [-0.2, 0) is 22.4 Å². The van der Waals surface area contributed by atoms with Gasteiger partial charge in [0.1, 0.15) is 0 Å². The van der Waals surface area contributed by atoms with Crippen molar-refractivity contribution in [3.63, 3.8) is 0 Å². The van der Waals surface area contributed by atoms with Crippen molar-refractivity contribution in [1.82, 2.24) is 0 Å². The van der Waals surface area contributed by atoms with E-state index in [0.29, 0.717) is 5.69 Å². The Bertz CT molecular complexity index is 852. The molecule has 130 valence electrons. The van der Waals surface area contributed by atoms with E-state index in [-0.39, 0.29) is 21.3 Å². The molecule has 0 saturated carbocycles. The number of nitrogen functional groups attached to an aromatic ring is 1. The van der Waals surface area contributed by atoms with Crippen LogP contribution < -0.4 is 11.1 Å². The van der Waals surface area contributed by atoms with Gasteiger partial charge in [0.2, 0.25) is 0 Å². The highest BCUT2D eigenvalue weighted by atomic mass is 35.5. The van der Waals surface area contributed by atoms with Crippen LogP contribution in [0.4, 0.5) is 11.4 Å². The van der Waals surface area contributed by atoms with E-state index < -0.39 is 18.5 Å².